The van der Waals surface area contributed by atoms with E-state index in [1.165, 1.54) is 0 Å². The van der Waals surface area contributed by atoms with E-state index in [2.05, 4.69) is 17.0 Å². The molecular weight excluding hydrogens is 166 g/mol. The Morgan fingerprint density at radius 3 is 2.38 bits per heavy atom. The van der Waals surface area contributed by atoms with Gasteiger partial charge in [-0.3, -0.25) is 0 Å². The van der Waals surface area contributed by atoms with E-state index in [0.717, 1.165) is 5.57 Å². The van der Waals surface area contributed by atoms with Gasteiger partial charge in [-0.25, -0.2) is 10.4 Å². The van der Waals surface area contributed by atoms with Gasteiger partial charge in [-0.15, -0.1) is 0 Å². The van der Waals surface area contributed by atoms with E-state index in [4.69, 9.17) is 4.74 Å². The van der Waals surface area contributed by atoms with Crippen LogP contribution in [0.25, 0.3) is 0 Å². The second kappa shape index (κ2) is 3.38. The van der Waals surface area contributed by atoms with Gasteiger partial charge in [0.2, 0.25) is 0 Å². The number of nitrogens with zero attached hydrogens (tertiary/aromatic N) is 2. The zero-order valence-corrected chi connectivity index (χ0v) is 9.09. The van der Waals surface area contributed by atoms with E-state index in [0.29, 0.717) is 0 Å². The Kier molecular flexibility index (Phi) is 2.77. The van der Waals surface area contributed by atoms with Crippen LogP contribution in [0, 0.1) is 0 Å². The maximum Gasteiger partial charge on any atom is 0.150 e. The van der Waals surface area contributed by atoms with Crippen LogP contribution < -0.4 is 5.43 Å². The first-order valence-corrected chi connectivity index (χ1v) is 4.37. The molecule has 0 saturated carbocycles. The number of hydrogen-bond donors (Lipinski definition) is 1. The molecule has 4 heteroatoms. The Morgan fingerprint density at radius 1 is 1.54 bits per heavy atom. The number of ether oxygens (including phenoxy) is 1. The minimum atomic E-state index is -0.380. The first-order valence-electron chi connectivity index (χ1n) is 4.37. The van der Waals surface area contributed by atoms with Crippen molar-refractivity contribution in [2.75, 3.05) is 21.2 Å². The molecule has 0 aromatic carbocycles. The Hall–Kier alpha value is -0.420. The van der Waals surface area contributed by atoms with Crippen molar-refractivity contribution in [3.8, 4) is 0 Å². The lowest BCUT2D eigenvalue weighted by atomic mass is 10.0. The largest absolute Gasteiger partial charge is 0.361 e. The Labute approximate surface area is 80.1 Å². The summed E-state index contributed by atoms with van der Waals surface area (Å²) in [7, 11) is 5.67. The van der Waals surface area contributed by atoms with Gasteiger partial charge in [0, 0.05) is 21.2 Å². The fourth-order valence-corrected chi connectivity index (χ4v) is 1.94. The predicted molar refractivity (Wildman–Crippen MR) is 52.7 cm³/mol. The molecular formula is C9H19N3O. The molecule has 13 heavy (non-hydrogen) atoms. The van der Waals surface area contributed by atoms with Gasteiger partial charge >= 0.3 is 0 Å². The van der Waals surface area contributed by atoms with Crippen LogP contribution in [-0.4, -0.2) is 43.1 Å². The third-order valence-electron chi connectivity index (χ3n) is 2.64. The quantitative estimate of drug-likeness (QED) is 0.637. The van der Waals surface area contributed by atoms with Crippen LogP contribution in [0.2, 0.25) is 0 Å². The van der Waals surface area contributed by atoms with Crippen molar-refractivity contribution >= 4 is 0 Å². The summed E-state index contributed by atoms with van der Waals surface area (Å²) < 4.78 is 5.46. The minimum Gasteiger partial charge on any atom is -0.361 e. The van der Waals surface area contributed by atoms with Gasteiger partial charge in [0.15, 0.2) is 0 Å². The number of hydrazine groups is 2. The summed E-state index contributed by atoms with van der Waals surface area (Å²) in [4.78, 5) is 0. The highest BCUT2D eigenvalue weighted by atomic mass is 16.5. The third-order valence-corrected chi connectivity index (χ3v) is 2.64. The summed E-state index contributed by atoms with van der Waals surface area (Å²) in [6.45, 7) is 8.01. The maximum atomic E-state index is 5.46. The Balaban J connectivity index is 2.93. The lowest BCUT2D eigenvalue weighted by Crippen LogP contribution is -2.49. The Morgan fingerprint density at radius 2 is 2.08 bits per heavy atom. The molecule has 1 N–H and O–H groups in total. The molecule has 0 amide bonds. The molecule has 0 radical (unpaired) electrons. The molecule has 4 nitrogen and oxygen atoms in total. The van der Waals surface area contributed by atoms with E-state index in [-0.39, 0.29) is 11.8 Å². The zero-order valence-electron chi connectivity index (χ0n) is 9.09. The summed E-state index contributed by atoms with van der Waals surface area (Å²) >= 11 is 0. The number of methoxy groups -OCH3 is 1. The molecule has 2 atom stereocenters. The zero-order chi connectivity index (χ0) is 10.2. The molecule has 1 fully saturated rings. The van der Waals surface area contributed by atoms with Crippen molar-refractivity contribution in [3.05, 3.63) is 12.2 Å². The molecule has 0 aromatic rings. The average Bonchev–Trinajstić information content (AvgIpc) is 2.24. The van der Waals surface area contributed by atoms with Crippen LogP contribution in [0.1, 0.15) is 13.8 Å². The highest BCUT2D eigenvalue weighted by molar-refractivity contribution is 5.11. The van der Waals surface area contributed by atoms with Gasteiger partial charge in [-0.1, -0.05) is 12.2 Å². The molecule has 0 aromatic heterocycles. The fourth-order valence-electron chi connectivity index (χ4n) is 1.94. The molecule has 76 valence electrons. The van der Waals surface area contributed by atoms with Crippen LogP contribution in [-0.2, 0) is 4.74 Å². The first-order chi connectivity index (χ1) is 5.92. The fraction of sp³-hybridized carbons (Fsp3) is 0.778. The van der Waals surface area contributed by atoms with E-state index in [1.807, 2.05) is 33.1 Å². The van der Waals surface area contributed by atoms with Crippen molar-refractivity contribution in [1.82, 2.24) is 15.6 Å². The Bertz CT molecular complexity index is 219. The summed E-state index contributed by atoms with van der Waals surface area (Å²) in [6.07, 6.45) is 0. The normalized spacial score (nSPS) is 36.8. The second-order valence-electron chi connectivity index (χ2n) is 3.77. The first kappa shape index (κ1) is 10.7. The van der Waals surface area contributed by atoms with Gasteiger partial charge < -0.3 is 4.74 Å². The van der Waals surface area contributed by atoms with E-state index < -0.39 is 0 Å². The highest BCUT2D eigenvalue weighted by Gasteiger charge is 2.46. The molecule has 0 bridgehead atoms. The molecule has 1 aliphatic rings. The van der Waals surface area contributed by atoms with Crippen molar-refractivity contribution < 1.29 is 4.74 Å². The van der Waals surface area contributed by atoms with Gasteiger partial charge in [0.05, 0.1) is 6.04 Å². The summed E-state index contributed by atoms with van der Waals surface area (Å²) in [5.41, 5.74) is 3.94. The maximum absolute atomic E-state index is 5.46. The number of rotatable bonds is 2. The molecule has 2 unspecified atom stereocenters. The van der Waals surface area contributed by atoms with Gasteiger partial charge in [0.25, 0.3) is 0 Å². The number of hydrogen-bond acceptors (Lipinski definition) is 4. The molecule has 1 heterocycles. The smallest absolute Gasteiger partial charge is 0.150 e. The van der Waals surface area contributed by atoms with Crippen molar-refractivity contribution in [2.24, 2.45) is 0 Å². The van der Waals surface area contributed by atoms with E-state index in [9.17, 15) is 0 Å². The van der Waals surface area contributed by atoms with Crippen molar-refractivity contribution in [2.45, 2.75) is 25.6 Å². The SMILES string of the molecule is C=C(C)C1N(C)N(C)NC1(C)OC. The molecule has 1 aliphatic heterocycles. The summed E-state index contributed by atoms with van der Waals surface area (Å²) in [5.74, 6) is 0. The molecule has 0 spiro atoms. The molecule has 1 rings (SSSR count). The lowest BCUT2D eigenvalue weighted by Gasteiger charge is -2.30. The number of nitrogens with one attached hydrogen (secondary N) is 1. The van der Waals surface area contributed by atoms with Crippen LogP contribution >= 0.6 is 0 Å². The van der Waals surface area contributed by atoms with E-state index >= 15 is 0 Å². The number of likely N-dealkylation sites (N-methyl/N-ethyl adjacent to an activating group) is 1. The van der Waals surface area contributed by atoms with Gasteiger partial charge in [-0.05, 0) is 13.8 Å². The van der Waals surface area contributed by atoms with Gasteiger partial charge in [0.1, 0.15) is 5.72 Å². The predicted octanol–water partition coefficient (Wildman–Crippen LogP) is 0.591. The third kappa shape index (κ3) is 1.62. The van der Waals surface area contributed by atoms with Crippen molar-refractivity contribution in [1.29, 1.82) is 0 Å². The second-order valence-corrected chi connectivity index (χ2v) is 3.77. The minimum absolute atomic E-state index is 0.169. The standard InChI is InChI=1S/C9H19N3O/c1-7(2)8-9(3,13-6)10-12(5)11(8)4/h8,10H,1H2,2-6H3. The molecule has 1 saturated heterocycles. The average molecular weight is 185 g/mol. The molecule has 0 aliphatic carbocycles. The van der Waals surface area contributed by atoms with Crippen molar-refractivity contribution in [3.63, 3.8) is 0 Å². The summed E-state index contributed by atoms with van der Waals surface area (Å²) in [6, 6.07) is 0.169. The van der Waals surface area contributed by atoms with Crippen LogP contribution in [0.15, 0.2) is 12.2 Å². The highest BCUT2D eigenvalue weighted by Crippen LogP contribution is 2.28. The monoisotopic (exact) mass is 185 g/mol. The summed E-state index contributed by atoms with van der Waals surface area (Å²) in [5, 5.41) is 3.99. The topological polar surface area (TPSA) is 27.7 Å². The van der Waals surface area contributed by atoms with Crippen LogP contribution in [0.4, 0.5) is 0 Å². The van der Waals surface area contributed by atoms with Crippen LogP contribution in [0.5, 0.6) is 0 Å². The van der Waals surface area contributed by atoms with E-state index in [1.54, 1.807) is 7.11 Å². The van der Waals surface area contributed by atoms with Crippen LogP contribution in [0.3, 0.4) is 0 Å². The lowest BCUT2D eigenvalue weighted by molar-refractivity contribution is -0.0338. The van der Waals surface area contributed by atoms with Gasteiger partial charge in [-0.2, -0.15) is 5.12 Å².